The number of nitrogens with one attached hydrogen (secondary N) is 3. The van der Waals surface area contributed by atoms with Gasteiger partial charge in [-0.3, -0.25) is 0 Å². The van der Waals surface area contributed by atoms with Crippen molar-refractivity contribution in [3.63, 3.8) is 0 Å². The Balaban J connectivity index is 0.000000257. The molecule has 8 rings (SSSR count). The molecule has 4 heterocycles. The van der Waals surface area contributed by atoms with E-state index >= 15 is 0 Å². The SMILES string of the molecule is CC.CC.COc1cccc(NC2=NC3C(=CN2)C(C)=CN3C2CCCC2)c1.COc1ccccc1Nc1ncc2c(C)cn(C3CCCC3)c2n1.[HH].[HH]. The lowest BCUT2D eigenvalue weighted by atomic mass is 10.1. The predicted molar refractivity (Wildman–Crippen MR) is 220 cm³/mol. The van der Waals surface area contributed by atoms with Gasteiger partial charge in [-0.2, -0.15) is 4.98 Å². The Morgan fingerprint density at radius 1 is 0.846 bits per heavy atom. The lowest BCUT2D eigenvalue weighted by Crippen LogP contribution is -2.41. The molecule has 0 radical (unpaired) electrons. The summed E-state index contributed by atoms with van der Waals surface area (Å²) in [6, 6.07) is 16.9. The fourth-order valence-corrected chi connectivity index (χ4v) is 7.35. The van der Waals surface area contributed by atoms with Crippen LogP contribution >= 0.6 is 0 Å². The predicted octanol–water partition coefficient (Wildman–Crippen LogP) is 10.6. The first-order valence-electron chi connectivity index (χ1n) is 19.2. The maximum atomic E-state index is 5.39. The van der Waals surface area contributed by atoms with E-state index in [-0.39, 0.29) is 9.02 Å². The van der Waals surface area contributed by atoms with Gasteiger partial charge in [0.1, 0.15) is 17.1 Å². The summed E-state index contributed by atoms with van der Waals surface area (Å²) in [4.78, 5) is 16.7. The summed E-state index contributed by atoms with van der Waals surface area (Å²) >= 11 is 0. The van der Waals surface area contributed by atoms with Crippen LogP contribution in [-0.2, 0) is 0 Å². The van der Waals surface area contributed by atoms with Crippen LogP contribution in [0.4, 0.5) is 17.3 Å². The van der Waals surface area contributed by atoms with Crippen molar-refractivity contribution < 1.29 is 12.3 Å². The summed E-state index contributed by atoms with van der Waals surface area (Å²) in [6.07, 6.45) is 18.9. The van der Waals surface area contributed by atoms with Gasteiger partial charge in [-0.25, -0.2) is 9.98 Å². The molecule has 4 aliphatic rings. The van der Waals surface area contributed by atoms with E-state index in [1.54, 1.807) is 14.2 Å². The summed E-state index contributed by atoms with van der Waals surface area (Å²) in [6.45, 7) is 12.3. The van der Waals surface area contributed by atoms with Crippen molar-refractivity contribution >= 4 is 34.3 Å². The number of fused-ring (bicyclic) bond motifs is 2. The Labute approximate surface area is 313 Å². The number of aromatic nitrogens is 3. The molecule has 282 valence electrons. The van der Waals surface area contributed by atoms with Crippen LogP contribution in [0.2, 0.25) is 0 Å². The zero-order chi connectivity index (χ0) is 37.0. The smallest absolute Gasteiger partial charge is 0.229 e. The summed E-state index contributed by atoms with van der Waals surface area (Å²) in [5, 5.41) is 11.1. The third-order valence-electron chi connectivity index (χ3n) is 9.90. The molecule has 10 nitrogen and oxygen atoms in total. The molecule has 0 saturated heterocycles. The molecule has 2 aromatic heterocycles. The lowest BCUT2D eigenvalue weighted by Gasteiger charge is -2.31. The number of anilines is 3. The molecule has 3 N–H and O–H groups in total. The second kappa shape index (κ2) is 18.5. The number of aliphatic imine (C=N–C) groups is 1. The number of methoxy groups -OCH3 is 2. The molecule has 2 aromatic carbocycles. The number of hydrogen-bond donors (Lipinski definition) is 3. The molecule has 1 atom stereocenters. The van der Waals surface area contributed by atoms with Gasteiger partial charge >= 0.3 is 0 Å². The number of nitrogens with zero attached hydrogens (tertiary/aromatic N) is 5. The van der Waals surface area contributed by atoms with Crippen LogP contribution in [-0.4, -0.2) is 51.8 Å². The van der Waals surface area contributed by atoms with E-state index in [9.17, 15) is 0 Å². The largest absolute Gasteiger partial charge is 0.497 e. The van der Waals surface area contributed by atoms with E-state index in [1.807, 2.05) is 82.4 Å². The maximum absolute atomic E-state index is 5.39. The Kier molecular flexibility index (Phi) is 13.6. The number of ether oxygens (including phenoxy) is 2. The minimum Gasteiger partial charge on any atom is -0.497 e. The van der Waals surface area contributed by atoms with Crippen molar-refractivity contribution in [1.82, 2.24) is 24.8 Å². The molecule has 1 unspecified atom stereocenters. The Morgan fingerprint density at radius 2 is 1.56 bits per heavy atom. The molecule has 4 aromatic rings. The van der Waals surface area contributed by atoms with Gasteiger partial charge < -0.3 is 34.9 Å². The van der Waals surface area contributed by atoms with Gasteiger partial charge in [0.15, 0.2) is 6.17 Å². The minimum atomic E-state index is 0. The second-order valence-corrected chi connectivity index (χ2v) is 13.1. The summed E-state index contributed by atoms with van der Waals surface area (Å²) < 4.78 is 13.0. The van der Waals surface area contributed by atoms with Crippen LogP contribution in [0.1, 0.15) is 100 Å². The van der Waals surface area contributed by atoms with Crippen molar-refractivity contribution in [2.75, 3.05) is 24.9 Å². The van der Waals surface area contributed by atoms with Gasteiger partial charge in [0.25, 0.3) is 0 Å². The normalized spacial score (nSPS) is 17.9. The molecule has 0 bridgehead atoms. The van der Waals surface area contributed by atoms with E-state index in [2.05, 4.69) is 62.8 Å². The molecule has 10 heteroatoms. The number of guanidine groups is 1. The van der Waals surface area contributed by atoms with Crippen molar-refractivity contribution in [3.05, 3.63) is 90.0 Å². The van der Waals surface area contributed by atoms with Gasteiger partial charge in [0.05, 0.1) is 19.9 Å². The Morgan fingerprint density at radius 3 is 2.27 bits per heavy atom. The maximum Gasteiger partial charge on any atom is 0.229 e. The lowest BCUT2D eigenvalue weighted by molar-refractivity contribution is 0.247. The minimum absolute atomic E-state index is 0. The Hall–Kier alpha value is -4.99. The van der Waals surface area contributed by atoms with Crippen molar-refractivity contribution in [3.8, 4) is 11.5 Å². The molecule has 2 aliphatic heterocycles. The molecule has 0 amide bonds. The highest BCUT2D eigenvalue weighted by atomic mass is 16.5. The van der Waals surface area contributed by atoms with Crippen molar-refractivity contribution in [1.29, 1.82) is 0 Å². The van der Waals surface area contributed by atoms with E-state index < -0.39 is 0 Å². The first kappa shape index (κ1) is 38.2. The summed E-state index contributed by atoms with van der Waals surface area (Å²) in [5.41, 5.74) is 6.68. The van der Waals surface area contributed by atoms with Gasteiger partial charge in [-0.1, -0.05) is 71.6 Å². The number of benzene rings is 2. The van der Waals surface area contributed by atoms with E-state index in [0.29, 0.717) is 18.0 Å². The summed E-state index contributed by atoms with van der Waals surface area (Å²) in [7, 11) is 3.34. The molecular formula is C42H62N8O2. The molecule has 2 saturated carbocycles. The van der Waals surface area contributed by atoms with Crippen molar-refractivity contribution in [2.24, 2.45) is 4.99 Å². The van der Waals surface area contributed by atoms with E-state index in [4.69, 9.17) is 19.5 Å². The van der Waals surface area contributed by atoms with E-state index in [0.717, 1.165) is 39.9 Å². The monoisotopic (exact) mass is 710 g/mol. The van der Waals surface area contributed by atoms with Gasteiger partial charge in [0.2, 0.25) is 11.9 Å². The summed E-state index contributed by atoms with van der Waals surface area (Å²) in [5.74, 6) is 3.00. The fraction of sp³-hybridized carbons (Fsp3) is 0.452. The van der Waals surface area contributed by atoms with Crippen LogP contribution in [0.25, 0.3) is 11.0 Å². The molecule has 0 spiro atoms. The third-order valence-corrected chi connectivity index (χ3v) is 9.90. The second-order valence-electron chi connectivity index (χ2n) is 13.1. The number of para-hydroxylation sites is 2. The van der Waals surface area contributed by atoms with Crippen LogP contribution in [0, 0.1) is 6.92 Å². The topological polar surface area (TPSA) is 101 Å². The highest BCUT2D eigenvalue weighted by Crippen LogP contribution is 2.37. The highest BCUT2D eigenvalue weighted by molar-refractivity contribution is 5.95. The molecule has 2 fully saturated rings. The zero-order valence-electron chi connectivity index (χ0n) is 32.4. The number of aryl methyl sites for hydroxylation is 1. The van der Waals surface area contributed by atoms with Gasteiger partial charge in [-0.15, -0.1) is 0 Å². The number of rotatable bonds is 7. The van der Waals surface area contributed by atoms with Gasteiger partial charge in [0, 0.05) is 62.4 Å². The van der Waals surface area contributed by atoms with Crippen LogP contribution < -0.4 is 25.4 Å². The average Bonchev–Trinajstić information content (AvgIpc) is 4.02. The zero-order valence-corrected chi connectivity index (χ0v) is 32.4. The number of hydrogen-bond acceptors (Lipinski definition) is 9. The first-order valence-corrected chi connectivity index (χ1v) is 19.2. The molecule has 52 heavy (non-hydrogen) atoms. The molecule has 2 aliphatic carbocycles. The third kappa shape index (κ3) is 8.72. The Bertz CT molecular complexity index is 1860. The first-order chi connectivity index (χ1) is 25.5. The standard InChI is InChI=1S/C19H24N4O.C19H22N4O.2C2H6.2H2/c1-13-12-23(15-7-3-4-8-15)18-17(13)11-20-19(22-18)21-14-6-5-9-16(10-14)24-2;1-13-12-23(14-7-3-4-8-14)18-15(13)11-20-19(22-18)21-16-9-5-6-10-17(16)24-2;2*1-2;;/h5-6,9-12,15,18H,3-4,7-8H2,1-2H3,(H2,20,21,22);5-6,9-12,14H,3-4,7-8H2,1-2H3,(H,20,21,22);2*1-2H3;2*1H. The highest BCUT2D eigenvalue weighted by Gasteiger charge is 2.35. The quantitative estimate of drug-likeness (QED) is 0.174. The molecular weight excluding hydrogens is 649 g/mol. The van der Waals surface area contributed by atoms with Crippen LogP contribution in [0.15, 0.2) is 89.5 Å². The fourth-order valence-electron chi connectivity index (χ4n) is 7.35. The van der Waals surface area contributed by atoms with E-state index in [1.165, 1.54) is 68.1 Å². The average molecular weight is 711 g/mol. The van der Waals surface area contributed by atoms with Crippen molar-refractivity contribution in [2.45, 2.75) is 111 Å². The van der Waals surface area contributed by atoms with Crippen LogP contribution in [0.5, 0.6) is 11.5 Å². The van der Waals surface area contributed by atoms with Gasteiger partial charge in [-0.05, 0) is 74.9 Å². The van der Waals surface area contributed by atoms with Crippen LogP contribution in [0.3, 0.4) is 0 Å².